The Morgan fingerprint density at radius 2 is 1.46 bits per heavy atom. The minimum Gasteiger partial charge on any atom is -0.495 e. The summed E-state index contributed by atoms with van der Waals surface area (Å²) >= 11 is 0. The maximum absolute atomic E-state index is 11.1. The van der Waals surface area contributed by atoms with E-state index < -0.39 is 0 Å². The van der Waals surface area contributed by atoms with Crippen molar-refractivity contribution >= 4 is 17.6 Å². The van der Waals surface area contributed by atoms with Crippen LogP contribution in [0.25, 0.3) is 0 Å². The molecular weight excluding hydrogens is 362 g/mol. The Labute approximate surface area is 164 Å². The topological polar surface area (TPSA) is 74.3 Å². The van der Waals surface area contributed by atoms with E-state index in [0.717, 1.165) is 5.69 Å². The number of rotatable bonds is 10. The Hall–Kier alpha value is -3.22. The molecule has 0 heterocycles. The van der Waals surface area contributed by atoms with Crippen molar-refractivity contribution in [1.82, 2.24) is 0 Å². The molecule has 7 heteroatoms. The van der Waals surface area contributed by atoms with Gasteiger partial charge in [0.05, 0.1) is 25.9 Å². The third-order valence-electron chi connectivity index (χ3n) is 3.80. The molecule has 0 fully saturated rings. The smallest absolute Gasteiger partial charge is 0.302 e. The maximum Gasteiger partial charge on any atom is 0.302 e. The van der Waals surface area contributed by atoms with Gasteiger partial charge in [0, 0.05) is 19.9 Å². The molecule has 0 unspecified atom stereocenters. The normalized spacial score (nSPS) is 10.1. The van der Waals surface area contributed by atoms with Gasteiger partial charge < -0.3 is 23.8 Å². The number of hydrogen-bond acceptors (Lipinski definition) is 7. The minimum atomic E-state index is -0.354. The zero-order chi connectivity index (χ0) is 20.4. The van der Waals surface area contributed by atoms with E-state index in [4.69, 9.17) is 18.9 Å². The molecule has 0 amide bonds. The SMILES string of the molecule is COc1ccc(Oc2ccccc2)cc1N(CCOC(C)=O)CCOC(C)=O. The highest BCUT2D eigenvalue weighted by Gasteiger charge is 2.15. The van der Waals surface area contributed by atoms with Crippen LogP contribution in [0.1, 0.15) is 13.8 Å². The number of esters is 2. The van der Waals surface area contributed by atoms with Crippen molar-refractivity contribution in [2.75, 3.05) is 38.3 Å². The first-order valence-electron chi connectivity index (χ1n) is 8.92. The van der Waals surface area contributed by atoms with Crippen molar-refractivity contribution in [2.24, 2.45) is 0 Å². The first-order valence-corrected chi connectivity index (χ1v) is 8.92. The monoisotopic (exact) mass is 387 g/mol. The van der Waals surface area contributed by atoms with Crippen LogP contribution in [0, 0.1) is 0 Å². The molecule has 0 bridgehead atoms. The van der Waals surface area contributed by atoms with Gasteiger partial charge in [0.15, 0.2) is 0 Å². The summed E-state index contributed by atoms with van der Waals surface area (Å²) in [7, 11) is 1.58. The summed E-state index contributed by atoms with van der Waals surface area (Å²) in [5.74, 6) is 1.27. The molecule has 2 aromatic carbocycles. The second-order valence-corrected chi connectivity index (χ2v) is 5.92. The molecule has 28 heavy (non-hydrogen) atoms. The predicted molar refractivity (Wildman–Crippen MR) is 105 cm³/mol. The minimum absolute atomic E-state index is 0.197. The van der Waals surface area contributed by atoms with Crippen LogP contribution in [0.3, 0.4) is 0 Å². The number of ether oxygens (including phenoxy) is 4. The van der Waals surface area contributed by atoms with E-state index in [9.17, 15) is 9.59 Å². The van der Waals surface area contributed by atoms with Gasteiger partial charge >= 0.3 is 11.9 Å². The van der Waals surface area contributed by atoms with Gasteiger partial charge in [-0.25, -0.2) is 0 Å². The molecule has 0 atom stereocenters. The first-order chi connectivity index (χ1) is 13.5. The Kier molecular flexibility index (Phi) is 8.14. The maximum atomic E-state index is 11.1. The summed E-state index contributed by atoms with van der Waals surface area (Å²) in [6, 6.07) is 14.9. The molecule has 0 aliphatic carbocycles. The summed E-state index contributed by atoms with van der Waals surface area (Å²) in [5, 5.41) is 0. The van der Waals surface area contributed by atoms with Gasteiger partial charge in [-0.05, 0) is 24.3 Å². The highest BCUT2D eigenvalue weighted by atomic mass is 16.5. The van der Waals surface area contributed by atoms with Gasteiger partial charge in [-0.1, -0.05) is 18.2 Å². The average Bonchev–Trinajstić information content (AvgIpc) is 2.67. The highest BCUT2D eigenvalue weighted by Crippen LogP contribution is 2.34. The van der Waals surface area contributed by atoms with Crippen molar-refractivity contribution in [2.45, 2.75) is 13.8 Å². The van der Waals surface area contributed by atoms with Crippen LogP contribution in [0.2, 0.25) is 0 Å². The number of methoxy groups -OCH3 is 1. The third kappa shape index (κ3) is 6.83. The van der Waals surface area contributed by atoms with Gasteiger partial charge in [0.1, 0.15) is 30.5 Å². The van der Waals surface area contributed by atoms with Gasteiger partial charge in [-0.15, -0.1) is 0 Å². The molecule has 0 radical (unpaired) electrons. The fraction of sp³-hybridized carbons (Fsp3) is 0.333. The van der Waals surface area contributed by atoms with E-state index in [1.165, 1.54) is 13.8 Å². The molecule has 0 saturated heterocycles. The van der Waals surface area contributed by atoms with Crippen molar-refractivity contribution in [1.29, 1.82) is 0 Å². The van der Waals surface area contributed by atoms with Gasteiger partial charge in [0.25, 0.3) is 0 Å². The van der Waals surface area contributed by atoms with E-state index in [1.54, 1.807) is 13.2 Å². The van der Waals surface area contributed by atoms with Crippen LogP contribution in [0.4, 0.5) is 5.69 Å². The lowest BCUT2D eigenvalue weighted by Gasteiger charge is -2.26. The molecule has 7 nitrogen and oxygen atoms in total. The number of nitrogens with zero attached hydrogens (tertiary/aromatic N) is 1. The lowest BCUT2D eigenvalue weighted by molar-refractivity contribution is -0.141. The molecule has 2 rings (SSSR count). The van der Waals surface area contributed by atoms with Crippen LogP contribution < -0.4 is 14.4 Å². The molecule has 0 aliphatic rings. The number of carbonyl (C=O) groups is 2. The first kappa shape index (κ1) is 21.1. The number of para-hydroxylation sites is 1. The van der Waals surface area contributed by atoms with Crippen LogP contribution >= 0.6 is 0 Å². The largest absolute Gasteiger partial charge is 0.495 e. The standard InChI is InChI=1S/C21H25NO6/c1-16(23)26-13-11-22(12-14-27-17(2)24)20-15-19(9-10-21(20)25-3)28-18-7-5-4-6-8-18/h4-10,15H,11-14H2,1-3H3. The fourth-order valence-electron chi connectivity index (χ4n) is 2.56. The number of carbonyl (C=O) groups excluding carboxylic acids is 2. The average molecular weight is 387 g/mol. The van der Waals surface area contributed by atoms with Crippen LogP contribution in [0.5, 0.6) is 17.2 Å². The highest BCUT2D eigenvalue weighted by molar-refractivity contribution is 5.67. The van der Waals surface area contributed by atoms with E-state index in [-0.39, 0.29) is 25.2 Å². The molecule has 2 aromatic rings. The van der Waals surface area contributed by atoms with E-state index in [0.29, 0.717) is 30.3 Å². The fourth-order valence-corrected chi connectivity index (χ4v) is 2.56. The van der Waals surface area contributed by atoms with Crippen LogP contribution in [-0.4, -0.2) is 45.4 Å². The van der Waals surface area contributed by atoms with Gasteiger partial charge in [-0.3, -0.25) is 9.59 Å². The van der Waals surface area contributed by atoms with E-state index in [1.807, 2.05) is 47.4 Å². The Bertz CT molecular complexity index is 758. The number of anilines is 1. The quantitative estimate of drug-likeness (QED) is 0.578. The number of hydrogen-bond donors (Lipinski definition) is 0. The zero-order valence-corrected chi connectivity index (χ0v) is 16.3. The Morgan fingerprint density at radius 1 is 0.857 bits per heavy atom. The number of benzene rings is 2. The summed E-state index contributed by atoms with van der Waals surface area (Å²) in [5.41, 5.74) is 0.746. The van der Waals surface area contributed by atoms with Crippen LogP contribution in [-0.2, 0) is 19.1 Å². The predicted octanol–water partition coefficient (Wildman–Crippen LogP) is 3.42. The Balaban J connectivity index is 2.22. The van der Waals surface area contributed by atoms with Crippen molar-refractivity contribution in [3.8, 4) is 17.2 Å². The van der Waals surface area contributed by atoms with Crippen LogP contribution in [0.15, 0.2) is 48.5 Å². The molecular formula is C21H25NO6. The second kappa shape index (κ2) is 10.8. The Morgan fingerprint density at radius 3 is 2.00 bits per heavy atom. The summed E-state index contributed by atoms with van der Waals surface area (Å²) in [6.45, 7) is 3.93. The molecule has 0 aromatic heterocycles. The molecule has 150 valence electrons. The van der Waals surface area contributed by atoms with Crippen molar-refractivity contribution in [3.05, 3.63) is 48.5 Å². The van der Waals surface area contributed by atoms with E-state index >= 15 is 0 Å². The lowest BCUT2D eigenvalue weighted by Crippen LogP contribution is -2.32. The summed E-state index contributed by atoms with van der Waals surface area (Å²) < 4.78 is 21.5. The second-order valence-electron chi connectivity index (χ2n) is 5.92. The summed E-state index contributed by atoms with van der Waals surface area (Å²) in [4.78, 5) is 24.1. The van der Waals surface area contributed by atoms with Gasteiger partial charge in [-0.2, -0.15) is 0 Å². The third-order valence-corrected chi connectivity index (χ3v) is 3.80. The molecule has 0 N–H and O–H groups in total. The van der Waals surface area contributed by atoms with Gasteiger partial charge in [0.2, 0.25) is 0 Å². The van der Waals surface area contributed by atoms with Crippen molar-refractivity contribution < 1.29 is 28.5 Å². The molecule has 0 aliphatic heterocycles. The lowest BCUT2D eigenvalue weighted by atomic mass is 10.2. The molecule has 0 spiro atoms. The van der Waals surface area contributed by atoms with Crippen molar-refractivity contribution in [3.63, 3.8) is 0 Å². The summed E-state index contributed by atoms with van der Waals surface area (Å²) in [6.07, 6.45) is 0. The molecule has 0 saturated carbocycles. The zero-order valence-electron chi connectivity index (χ0n) is 16.3. The van der Waals surface area contributed by atoms with E-state index in [2.05, 4.69) is 0 Å².